The summed E-state index contributed by atoms with van der Waals surface area (Å²) in [6, 6.07) is 20.6. The normalized spacial score (nSPS) is 15.3. The fourth-order valence-corrected chi connectivity index (χ4v) is 4.63. The zero-order valence-corrected chi connectivity index (χ0v) is 22.7. The van der Waals surface area contributed by atoms with Crippen molar-refractivity contribution in [1.82, 2.24) is 4.90 Å². The first-order valence-electron chi connectivity index (χ1n) is 12.4. The summed E-state index contributed by atoms with van der Waals surface area (Å²) in [5.74, 6) is 0.742. The van der Waals surface area contributed by atoms with Crippen molar-refractivity contribution in [2.24, 2.45) is 4.99 Å². The van der Waals surface area contributed by atoms with Crippen molar-refractivity contribution >= 4 is 40.6 Å². The van der Waals surface area contributed by atoms with Gasteiger partial charge in [-0.3, -0.25) is 9.69 Å². The van der Waals surface area contributed by atoms with Crippen LogP contribution in [-0.2, 0) is 16.1 Å². The third kappa shape index (κ3) is 6.63. The molecule has 3 aromatic carbocycles. The van der Waals surface area contributed by atoms with E-state index in [1.165, 1.54) is 22.2 Å². The number of hydrogen-bond donors (Lipinski definition) is 0. The van der Waals surface area contributed by atoms with E-state index in [2.05, 4.69) is 24.0 Å². The van der Waals surface area contributed by atoms with Crippen LogP contribution in [0.15, 0.2) is 76.6 Å². The molecule has 1 amide bonds. The lowest BCUT2D eigenvalue weighted by atomic mass is 10.1. The van der Waals surface area contributed by atoms with Gasteiger partial charge in [-0.25, -0.2) is 9.79 Å². The summed E-state index contributed by atoms with van der Waals surface area (Å²) < 4.78 is 16.9. The highest BCUT2D eigenvalue weighted by Gasteiger charge is 2.30. The maximum absolute atomic E-state index is 12.9. The Hall–Kier alpha value is -4.04. The first-order chi connectivity index (χ1) is 18.4. The molecular formula is C30H30N2O5S. The van der Waals surface area contributed by atoms with Gasteiger partial charge in [0.1, 0.15) is 6.61 Å². The Morgan fingerprint density at radius 2 is 1.68 bits per heavy atom. The van der Waals surface area contributed by atoms with Crippen LogP contribution < -0.4 is 9.47 Å². The van der Waals surface area contributed by atoms with E-state index < -0.39 is 0 Å². The summed E-state index contributed by atoms with van der Waals surface area (Å²) in [6.07, 6.45) is 1.82. The molecule has 0 bridgehead atoms. The summed E-state index contributed by atoms with van der Waals surface area (Å²) in [5.41, 5.74) is 4.18. The zero-order chi connectivity index (χ0) is 27.1. The van der Waals surface area contributed by atoms with E-state index in [0.29, 0.717) is 52.6 Å². The number of amidine groups is 1. The molecular weight excluding hydrogens is 500 g/mol. The number of nitrogens with zero attached hydrogens (tertiary/aromatic N) is 2. The maximum Gasteiger partial charge on any atom is 0.338 e. The average Bonchev–Trinajstić information content (AvgIpc) is 3.17. The number of hydrogen-bond acceptors (Lipinski definition) is 7. The Balaban J connectivity index is 1.50. The van der Waals surface area contributed by atoms with Gasteiger partial charge in [0.05, 0.1) is 29.4 Å². The molecule has 1 aliphatic heterocycles. The van der Waals surface area contributed by atoms with Crippen LogP contribution in [-0.4, -0.2) is 42.2 Å². The molecule has 0 saturated carbocycles. The topological polar surface area (TPSA) is 77.4 Å². The number of likely N-dealkylation sites (N-methyl/N-ethyl adjacent to an activating group) is 1. The lowest BCUT2D eigenvalue weighted by molar-refractivity contribution is -0.121. The van der Waals surface area contributed by atoms with Crippen LogP contribution >= 0.6 is 11.8 Å². The second-order valence-electron chi connectivity index (χ2n) is 8.55. The lowest BCUT2D eigenvalue weighted by Crippen LogP contribution is -2.23. The van der Waals surface area contributed by atoms with Gasteiger partial charge in [0.2, 0.25) is 0 Å². The molecule has 0 radical (unpaired) electrons. The summed E-state index contributed by atoms with van der Waals surface area (Å²) in [6.45, 7) is 6.97. The highest BCUT2D eigenvalue weighted by molar-refractivity contribution is 8.18. The molecule has 38 heavy (non-hydrogen) atoms. The van der Waals surface area contributed by atoms with E-state index >= 15 is 0 Å². The molecule has 3 aromatic rings. The van der Waals surface area contributed by atoms with Crippen molar-refractivity contribution in [2.45, 2.75) is 27.4 Å². The average molecular weight is 531 g/mol. The van der Waals surface area contributed by atoms with Gasteiger partial charge >= 0.3 is 5.97 Å². The van der Waals surface area contributed by atoms with E-state index in [4.69, 9.17) is 14.2 Å². The Labute approximate surface area is 227 Å². The number of thioether (sulfide) groups is 1. The summed E-state index contributed by atoms with van der Waals surface area (Å²) in [4.78, 5) is 31.4. The Morgan fingerprint density at radius 1 is 0.947 bits per heavy atom. The second-order valence-corrected chi connectivity index (χ2v) is 9.56. The summed E-state index contributed by atoms with van der Waals surface area (Å²) in [7, 11) is 1.69. The van der Waals surface area contributed by atoms with Crippen molar-refractivity contribution in [3.63, 3.8) is 0 Å². The van der Waals surface area contributed by atoms with Gasteiger partial charge in [0.15, 0.2) is 16.7 Å². The molecule has 0 aliphatic carbocycles. The molecule has 0 spiro atoms. The highest BCUT2D eigenvalue weighted by Crippen LogP contribution is 2.35. The molecule has 0 N–H and O–H groups in total. The van der Waals surface area contributed by atoms with Crippen molar-refractivity contribution in [2.75, 3.05) is 20.3 Å². The predicted molar refractivity (Wildman–Crippen MR) is 151 cm³/mol. The first-order valence-corrected chi connectivity index (χ1v) is 13.2. The van der Waals surface area contributed by atoms with Gasteiger partial charge in [0, 0.05) is 7.05 Å². The van der Waals surface area contributed by atoms with Crippen molar-refractivity contribution < 1.29 is 23.8 Å². The van der Waals surface area contributed by atoms with E-state index in [1.807, 2.05) is 43.3 Å². The van der Waals surface area contributed by atoms with E-state index in [9.17, 15) is 9.59 Å². The summed E-state index contributed by atoms with van der Waals surface area (Å²) >= 11 is 1.29. The van der Waals surface area contributed by atoms with Gasteiger partial charge in [-0.2, -0.15) is 0 Å². The van der Waals surface area contributed by atoms with Crippen LogP contribution in [0.25, 0.3) is 6.08 Å². The number of carbonyl (C=O) groups is 2. The molecule has 0 unspecified atom stereocenters. The third-order valence-electron chi connectivity index (χ3n) is 5.69. The fraction of sp³-hybridized carbons (Fsp3) is 0.233. The third-order valence-corrected chi connectivity index (χ3v) is 6.75. The predicted octanol–water partition coefficient (Wildman–Crippen LogP) is 6.38. The smallest absolute Gasteiger partial charge is 0.338 e. The number of esters is 1. The molecule has 4 rings (SSSR count). The van der Waals surface area contributed by atoms with Crippen LogP contribution in [0.3, 0.4) is 0 Å². The van der Waals surface area contributed by atoms with Crippen molar-refractivity contribution in [3.8, 4) is 11.5 Å². The van der Waals surface area contributed by atoms with Crippen LogP contribution in [0.2, 0.25) is 0 Å². The van der Waals surface area contributed by atoms with Gasteiger partial charge in [-0.1, -0.05) is 35.9 Å². The van der Waals surface area contributed by atoms with Gasteiger partial charge < -0.3 is 14.2 Å². The SMILES string of the molecule is CCOC(=O)c1ccc(N=C2S/C(=C\c3ccc(OCc4ccc(C)cc4)c(OCC)c3)C(=O)N2C)cc1. The molecule has 1 aliphatic rings. The van der Waals surface area contributed by atoms with Crippen LogP contribution in [0.4, 0.5) is 5.69 Å². The van der Waals surface area contributed by atoms with E-state index in [1.54, 1.807) is 38.2 Å². The number of benzene rings is 3. The van der Waals surface area contributed by atoms with E-state index in [-0.39, 0.29) is 11.9 Å². The molecule has 8 heteroatoms. The fourth-order valence-electron chi connectivity index (χ4n) is 3.65. The van der Waals surface area contributed by atoms with Crippen LogP contribution in [0.5, 0.6) is 11.5 Å². The Morgan fingerprint density at radius 3 is 2.37 bits per heavy atom. The summed E-state index contributed by atoms with van der Waals surface area (Å²) in [5, 5.41) is 0.549. The molecule has 0 atom stereocenters. The Bertz CT molecular complexity index is 1360. The monoisotopic (exact) mass is 530 g/mol. The minimum Gasteiger partial charge on any atom is -0.490 e. The lowest BCUT2D eigenvalue weighted by Gasteiger charge is -2.13. The van der Waals surface area contributed by atoms with Crippen molar-refractivity contribution in [3.05, 3.63) is 93.9 Å². The number of amides is 1. The van der Waals surface area contributed by atoms with E-state index in [0.717, 1.165) is 11.1 Å². The van der Waals surface area contributed by atoms with Crippen LogP contribution in [0.1, 0.15) is 40.9 Å². The minimum absolute atomic E-state index is 0.144. The molecule has 7 nitrogen and oxygen atoms in total. The molecule has 0 aromatic heterocycles. The second kappa shape index (κ2) is 12.5. The maximum atomic E-state index is 12.9. The largest absolute Gasteiger partial charge is 0.490 e. The number of carbonyl (C=O) groups excluding carboxylic acids is 2. The number of aliphatic imine (C=N–C) groups is 1. The molecule has 196 valence electrons. The van der Waals surface area contributed by atoms with Crippen molar-refractivity contribution in [1.29, 1.82) is 0 Å². The standard InChI is InChI=1S/C30H30N2O5S/c1-5-35-26-17-22(11-16-25(26)37-19-21-9-7-20(3)8-10-21)18-27-28(33)32(4)30(38-27)31-24-14-12-23(13-15-24)29(34)36-6-2/h7-18H,5-6,19H2,1-4H3/b27-18-,31-30?. The molecule has 1 heterocycles. The zero-order valence-electron chi connectivity index (χ0n) is 21.9. The first kappa shape index (κ1) is 27.0. The van der Waals surface area contributed by atoms with Gasteiger partial charge in [-0.15, -0.1) is 0 Å². The number of ether oxygens (including phenoxy) is 3. The molecule has 1 saturated heterocycles. The highest BCUT2D eigenvalue weighted by atomic mass is 32.2. The quantitative estimate of drug-likeness (QED) is 0.236. The van der Waals surface area contributed by atoms with Gasteiger partial charge in [0.25, 0.3) is 5.91 Å². The Kier molecular flexibility index (Phi) is 8.86. The minimum atomic E-state index is -0.377. The number of aryl methyl sites for hydroxylation is 1. The number of rotatable bonds is 9. The van der Waals surface area contributed by atoms with Gasteiger partial charge in [-0.05, 0) is 86.1 Å². The van der Waals surface area contributed by atoms with Crippen LogP contribution in [0, 0.1) is 6.92 Å². The molecule has 1 fully saturated rings.